The number of carbonyl (C=O) groups is 3. The molecule has 1 fully saturated rings. The van der Waals surface area contributed by atoms with Gasteiger partial charge in [-0.1, -0.05) is 35.7 Å². The second kappa shape index (κ2) is 8.81. The summed E-state index contributed by atoms with van der Waals surface area (Å²) in [6.07, 6.45) is 3.47. The summed E-state index contributed by atoms with van der Waals surface area (Å²) in [6, 6.07) is 11.0. The standard InChI is InChI=1S/C17H15N3O4S2/c21-14-7-8-15(22)20(14)24-16(23)11-17(25-12-5-1-3-9-18-12)26-13-6-2-4-10-19-13/h1-6,9-10,17H,7-8,11H2. The monoisotopic (exact) mass is 389 g/mol. The van der Waals surface area contributed by atoms with Crippen LogP contribution in [0, 0.1) is 0 Å². The zero-order valence-corrected chi connectivity index (χ0v) is 15.2. The molecule has 26 heavy (non-hydrogen) atoms. The maximum atomic E-state index is 12.2. The average Bonchev–Trinajstić information content (AvgIpc) is 2.95. The van der Waals surface area contributed by atoms with Crippen molar-refractivity contribution < 1.29 is 19.2 Å². The fraction of sp³-hybridized carbons (Fsp3) is 0.235. The van der Waals surface area contributed by atoms with Crippen molar-refractivity contribution in [1.82, 2.24) is 15.0 Å². The van der Waals surface area contributed by atoms with Crippen molar-refractivity contribution in [3.05, 3.63) is 48.8 Å². The Labute approximate surface area is 158 Å². The van der Waals surface area contributed by atoms with Crippen molar-refractivity contribution in [1.29, 1.82) is 0 Å². The van der Waals surface area contributed by atoms with Crippen molar-refractivity contribution in [3.8, 4) is 0 Å². The van der Waals surface area contributed by atoms with E-state index in [-0.39, 0.29) is 23.8 Å². The lowest BCUT2D eigenvalue weighted by atomic mass is 10.4. The van der Waals surface area contributed by atoms with E-state index >= 15 is 0 Å². The molecule has 2 aromatic heterocycles. The molecule has 0 aliphatic carbocycles. The van der Waals surface area contributed by atoms with Gasteiger partial charge in [-0.3, -0.25) is 9.59 Å². The van der Waals surface area contributed by atoms with E-state index in [4.69, 9.17) is 4.84 Å². The van der Waals surface area contributed by atoms with E-state index in [1.807, 2.05) is 36.4 Å². The molecule has 0 atom stereocenters. The number of hydrogen-bond acceptors (Lipinski definition) is 8. The van der Waals surface area contributed by atoms with E-state index < -0.39 is 17.8 Å². The number of amides is 2. The molecule has 134 valence electrons. The van der Waals surface area contributed by atoms with E-state index in [9.17, 15) is 14.4 Å². The summed E-state index contributed by atoms with van der Waals surface area (Å²) in [6.45, 7) is 0. The van der Waals surface area contributed by atoms with E-state index in [1.165, 1.54) is 23.5 Å². The number of thioether (sulfide) groups is 2. The Bertz CT molecular complexity index is 732. The second-order valence-electron chi connectivity index (χ2n) is 5.25. The molecule has 0 aromatic carbocycles. The van der Waals surface area contributed by atoms with Crippen molar-refractivity contribution >= 4 is 41.3 Å². The number of rotatable bonds is 7. The van der Waals surface area contributed by atoms with Crippen molar-refractivity contribution in [2.45, 2.75) is 33.9 Å². The van der Waals surface area contributed by atoms with Crippen LogP contribution in [0.15, 0.2) is 58.8 Å². The number of hydroxylamine groups is 2. The van der Waals surface area contributed by atoms with E-state index in [0.29, 0.717) is 5.06 Å². The summed E-state index contributed by atoms with van der Waals surface area (Å²) in [5.74, 6) is -1.63. The maximum Gasteiger partial charge on any atom is 0.335 e. The van der Waals surface area contributed by atoms with Crippen LogP contribution in [0.25, 0.3) is 0 Å². The normalized spacial score (nSPS) is 14.1. The van der Waals surface area contributed by atoms with Crippen LogP contribution in [0.1, 0.15) is 19.3 Å². The highest BCUT2D eigenvalue weighted by molar-refractivity contribution is 8.17. The highest BCUT2D eigenvalue weighted by Gasteiger charge is 2.33. The number of nitrogens with zero attached hydrogens (tertiary/aromatic N) is 3. The van der Waals surface area contributed by atoms with Gasteiger partial charge >= 0.3 is 5.97 Å². The van der Waals surface area contributed by atoms with Gasteiger partial charge in [-0.15, -0.1) is 5.06 Å². The molecule has 1 aliphatic heterocycles. The predicted octanol–water partition coefficient (Wildman–Crippen LogP) is 2.68. The van der Waals surface area contributed by atoms with Crippen LogP contribution in [0.3, 0.4) is 0 Å². The molecule has 3 heterocycles. The van der Waals surface area contributed by atoms with Gasteiger partial charge in [0.25, 0.3) is 11.8 Å². The Hall–Kier alpha value is -2.39. The highest BCUT2D eigenvalue weighted by Crippen LogP contribution is 2.36. The zero-order chi connectivity index (χ0) is 18.4. The van der Waals surface area contributed by atoms with Crippen molar-refractivity contribution in [2.24, 2.45) is 0 Å². The molecule has 3 rings (SSSR count). The molecule has 0 spiro atoms. The van der Waals surface area contributed by atoms with Gasteiger partial charge in [-0.2, -0.15) is 0 Å². The van der Waals surface area contributed by atoms with Gasteiger partial charge in [0.05, 0.1) is 21.1 Å². The minimum atomic E-state index is -0.648. The van der Waals surface area contributed by atoms with Gasteiger partial charge in [-0.25, -0.2) is 14.8 Å². The predicted molar refractivity (Wildman–Crippen MR) is 95.8 cm³/mol. The maximum absolute atomic E-state index is 12.2. The first-order valence-electron chi connectivity index (χ1n) is 7.84. The Kier molecular flexibility index (Phi) is 6.24. The molecule has 0 unspecified atom stereocenters. The molecule has 0 saturated carbocycles. The van der Waals surface area contributed by atoms with Crippen molar-refractivity contribution in [3.63, 3.8) is 0 Å². The van der Waals surface area contributed by atoms with Crippen LogP contribution in [-0.2, 0) is 19.2 Å². The Morgan fingerprint density at radius 2 is 1.54 bits per heavy atom. The lowest BCUT2D eigenvalue weighted by Gasteiger charge is -2.17. The van der Waals surface area contributed by atoms with E-state index in [0.717, 1.165) is 10.1 Å². The average molecular weight is 389 g/mol. The Morgan fingerprint density at radius 3 is 2.00 bits per heavy atom. The molecular formula is C17H15N3O4S2. The first-order valence-corrected chi connectivity index (χ1v) is 9.60. The first kappa shape index (κ1) is 18.4. The van der Waals surface area contributed by atoms with Crippen LogP contribution in [0.5, 0.6) is 0 Å². The molecule has 9 heteroatoms. The first-order chi connectivity index (χ1) is 12.6. The second-order valence-corrected chi connectivity index (χ2v) is 7.99. The summed E-state index contributed by atoms with van der Waals surface area (Å²) in [4.78, 5) is 48.9. The summed E-state index contributed by atoms with van der Waals surface area (Å²) < 4.78 is -0.278. The molecule has 1 saturated heterocycles. The number of imide groups is 1. The Morgan fingerprint density at radius 1 is 1.00 bits per heavy atom. The molecule has 2 amide bonds. The Balaban J connectivity index is 1.67. The third-order valence-electron chi connectivity index (χ3n) is 3.31. The number of pyridine rings is 2. The summed E-state index contributed by atoms with van der Waals surface area (Å²) in [7, 11) is 0. The van der Waals surface area contributed by atoms with Gasteiger partial charge in [0.15, 0.2) is 0 Å². The number of aromatic nitrogens is 2. The largest absolute Gasteiger partial charge is 0.335 e. The molecule has 1 aliphatic rings. The molecule has 0 bridgehead atoms. The topological polar surface area (TPSA) is 89.5 Å². The third-order valence-corrected chi connectivity index (χ3v) is 5.71. The van der Waals surface area contributed by atoms with Crippen LogP contribution in [-0.4, -0.2) is 37.4 Å². The SMILES string of the molecule is O=C(CC(Sc1ccccn1)Sc1ccccn1)ON1C(=O)CCC1=O. The van der Waals surface area contributed by atoms with E-state index in [1.54, 1.807) is 12.4 Å². The lowest BCUT2D eigenvalue weighted by molar-refractivity contribution is -0.197. The molecule has 2 aromatic rings. The van der Waals surface area contributed by atoms with Gasteiger partial charge in [0, 0.05) is 25.2 Å². The van der Waals surface area contributed by atoms with Gasteiger partial charge in [0.1, 0.15) is 0 Å². The van der Waals surface area contributed by atoms with Crippen LogP contribution in [0.4, 0.5) is 0 Å². The van der Waals surface area contributed by atoms with Crippen LogP contribution in [0.2, 0.25) is 0 Å². The molecular weight excluding hydrogens is 374 g/mol. The minimum absolute atomic E-state index is 0.0143. The summed E-state index contributed by atoms with van der Waals surface area (Å²) >= 11 is 2.79. The minimum Gasteiger partial charge on any atom is -0.330 e. The molecule has 0 N–H and O–H groups in total. The van der Waals surface area contributed by atoms with Crippen molar-refractivity contribution in [2.75, 3.05) is 0 Å². The quantitative estimate of drug-likeness (QED) is 0.406. The lowest BCUT2D eigenvalue weighted by Crippen LogP contribution is -2.32. The molecule has 7 nitrogen and oxygen atoms in total. The summed E-state index contributed by atoms with van der Waals surface area (Å²) in [5, 5.41) is 2.07. The van der Waals surface area contributed by atoms with Gasteiger partial charge in [0.2, 0.25) is 0 Å². The van der Waals surface area contributed by atoms with Crippen LogP contribution >= 0.6 is 23.5 Å². The van der Waals surface area contributed by atoms with Gasteiger partial charge < -0.3 is 4.84 Å². The number of carbonyl (C=O) groups excluding carboxylic acids is 3. The highest BCUT2D eigenvalue weighted by atomic mass is 32.2. The third kappa shape index (κ3) is 5.06. The fourth-order valence-corrected chi connectivity index (χ4v) is 4.46. The number of hydrogen-bond donors (Lipinski definition) is 0. The van der Waals surface area contributed by atoms with Crippen LogP contribution < -0.4 is 0 Å². The molecule has 0 radical (unpaired) electrons. The van der Waals surface area contributed by atoms with E-state index in [2.05, 4.69) is 9.97 Å². The zero-order valence-electron chi connectivity index (χ0n) is 13.6. The summed E-state index contributed by atoms with van der Waals surface area (Å²) in [5.41, 5.74) is 0. The smallest absolute Gasteiger partial charge is 0.330 e. The van der Waals surface area contributed by atoms with Gasteiger partial charge in [-0.05, 0) is 24.3 Å². The fourth-order valence-electron chi connectivity index (χ4n) is 2.14.